The second kappa shape index (κ2) is 11.9. The van der Waals surface area contributed by atoms with Crippen molar-refractivity contribution in [3.05, 3.63) is 35.4 Å². The highest BCUT2D eigenvalue weighted by Crippen LogP contribution is 2.38. The summed E-state index contributed by atoms with van der Waals surface area (Å²) in [5.74, 6) is 2.78. The number of rotatable bonds is 10. The van der Waals surface area contributed by atoms with E-state index in [0.717, 1.165) is 0 Å². The lowest BCUT2D eigenvalue weighted by molar-refractivity contribution is 0.242. The van der Waals surface area contributed by atoms with Crippen molar-refractivity contribution >= 4 is 18.5 Å². The van der Waals surface area contributed by atoms with Gasteiger partial charge in [0.1, 0.15) is 0 Å². The van der Waals surface area contributed by atoms with Gasteiger partial charge in [-0.25, -0.2) is 15.6 Å². The van der Waals surface area contributed by atoms with Crippen LogP contribution < -0.4 is 39.3 Å². The van der Waals surface area contributed by atoms with Crippen LogP contribution in [0.15, 0.2) is 34.5 Å². The van der Waals surface area contributed by atoms with Gasteiger partial charge in [-0.2, -0.15) is 10.2 Å². The van der Waals surface area contributed by atoms with Crippen molar-refractivity contribution in [2.45, 2.75) is 0 Å². The smallest absolute Gasteiger partial charge is 0.355 e. The minimum atomic E-state index is -0.641. The number of hydrazone groups is 2. The number of nitrogens with one attached hydrogen (secondary N) is 2. The molecule has 0 fully saturated rings. The minimum absolute atomic E-state index is 0.457. The van der Waals surface area contributed by atoms with E-state index in [4.69, 9.17) is 28.4 Å². The first-order valence-electron chi connectivity index (χ1n) is 9.23. The highest BCUT2D eigenvalue weighted by atomic mass is 16.5. The number of carbonyl (C=O) groups excluding carboxylic acids is 1. The van der Waals surface area contributed by atoms with Crippen LogP contribution >= 0.6 is 0 Å². The summed E-state index contributed by atoms with van der Waals surface area (Å²) in [5.41, 5.74) is 5.87. The third-order valence-electron chi connectivity index (χ3n) is 4.13. The number of nitrogens with zero attached hydrogens (tertiary/aromatic N) is 2. The Bertz CT molecular complexity index is 865. The van der Waals surface area contributed by atoms with E-state index in [1.165, 1.54) is 55.1 Å². The van der Waals surface area contributed by atoms with Gasteiger partial charge in [-0.3, -0.25) is 0 Å². The van der Waals surface area contributed by atoms with Gasteiger partial charge in [-0.05, 0) is 24.3 Å². The zero-order valence-electron chi connectivity index (χ0n) is 18.7. The van der Waals surface area contributed by atoms with Crippen LogP contribution in [0.3, 0.4) is 0 Å². The molecule has 11 heteroatoms. The molecule has 11 nitrogen and oxygen atoms in total. The van der Waals surface area contributed by atoms with E-state index < -0.39 is 6.03 Å². The molecule has 0 saturated heterocycles. The van der Waals surface area contributed by atoms with Gasteiger partial charge in [0.25, 0.3) is 0 Å². The van der Waals surface area contributed by atoms with Crippen LogP contribution in [-0.4, -0.2) is 61.1 Å². The van der Waals surface area contributed by atoms with Gasteiger partial charge in [0.2, 0.25) is 11.5 Å². The molecular weight excluding hydrogens is 420 g/mol. The average Bonchev–Trinajstić information content (AvgIpc) is 2.82. The monoisotopic (exact) mass is 446 g/mol. The Labute approximate surface area is 185 Å². The number of urea groups is 1. The van der Waals surface area contributed by atoms with Crippen molar-refractivity contribution in [1.82, 2.24) is 10.9 Å². The van der Waals surface area contributed by atoms with Gasteiger partial charge < -0.3 is 28.4 Å². The Kier molecular flexibility index (Phi) is 8.96. The summed E-state index contributed by atoms with van der Waals surface area (Å²) in [6, 6.07) is 6.11. The van der Waals surface area contributed by atoms with Gasteiger partial charge in [0.15, 0.2) is 23.0 Å². The summed E-state index contributed by atoms with van der Waals surface area (Å²) in [7, 11) is 9.06. The fraction of sp³-hybridized carbons (Fsp3) is 0.286. The molecule has 2 amide bonds. The van der Waals surface area contributed by atoms with Gasteiger partial charge in [0, 0.05) is 11.1 Å². The zero-order valence-corrected chi connectivity index (χ0v) is 18.7. The number of carbonyl (C=O) groups is 1. The summed E-state index contributed by atoms with van der Waals surface area (Å²) in [4.78, 5) is 11.9. The normalized spacial score (nSPS) is 10.7. The molecule has 0 saturated carbocycles. The Morgan fingerprint density at radius 2 is 0.938 bits per heavy atom. The number of hydrogen-bond donors (Lipinski definition) is 2. The maximum Gasteiger partial charge on any atom is 0.355 e. The lowest BCUT2D eigenvalue weighted by atomic mass is 10.2. The number of benzene rings is 2. The summed E-state index contributed by atoms with van der Waals surface area (Å²) < 4.78 is 31.6. The second-order valence-corrected chi connectivity index (χ2v) is 5.99. The third-order valence-corrected chi connectivity index (χ3v) is 4.13. The highest BCUT2D eigenvalue weighted by Gasteiger charge is 2.13. The van der Waals surface area contributed by atoms with Crippen LogP contribution in [-0.2, 0) is 0 Å². The molecule has 0 aliphatic heterocycles. The molecule has 0 unspecified atom stereocenters. The van der Waals surface area contributed by atoms with Crippen LogP contribution in [0.1, 0.15) is 11.1 Å². The van der Waals surface area contributed by atoms with Crippen molar-refractivity contribution in [2.75, 3.05) is 42.7 Å². The number of amides is 2. The fourth-order valence-corrected chi connectivity index (χ4v) is 2.71. The first kappa shape index (κ1) is 24.1. The Hall–Kier alpha value is -4.15. The van der Waals surface area contributed by atoms with Gasteiger partial charge in [0.05, 0.1) is 55.1 Å². The van der Waals surface area contributed by atoms with Crippen molar-refractivity contribution in [2.24, 2.45) is 10.2 Å². The summed E-state index contributed by atoms with van der Waals surface area (Å²) in [5, 5.41) is 7.76. The summed E-state index contributed by atoms with van der Waals surface area (Å²) in [6.45, 7) is 0. The first-order chi connectivity index (χ1) is 15.5. The van der Waals surface area contributed by atoms with Crippen LogP contribution in [0.5, 0.6) is 34.5 Å². The number of methoxy groups -OCH3 is 6. The van der Waals surface area contributed by atoms with E-state index in [-0.39, 0.29) is 0 Å². The maximum atomic E-state index is 11.9. The largest absolute Gasteiger partial charge is 0.493 e. The topological polar surface area (TPSA) is 121 Å². The molecule has 0 aromatic heterocycles. The minimum Gasteiger partial charge on any atom is -0.493 e. The van der Waals surface area contributed by atoms with Gasteiger partial charge in [-0.1, -0.05) is 0 Å². The van der Waals surface area contributed by atoms with Crippen LogP contribution in [0, 0.1) is 0 Å². The molecule has 0 aliphatic rings. The van der Waals surface area contributed by atoms with Crippen LogP contribution in [0.2, 0.25) is 0 Å². The van der Waals surface area contributed by atoms with E-state index in [1.807, 2.05) is 0 Å². The lowest BCUT2D eigenvalue weighted by Gasteiger charge is -2.12. The number of ether oxygens (including phenoxy) is 6. The molecule has 2 N–H and O–H groups in total. The van der Waals surface area contributed by atoms with Crippen LogP contribution in [0.25, 0.3) is 0 Å². The maximum absolute atomic E-state index is 11.9. The quantitative estimate of drug-likeness (QED) is 0.425. The molecule has 172 valence electrons. The van der Waals surface area contributed by atoms with E-state index >= 15 is 0 Å². The Balaban J connectivity index is 2.02. The van der Waals surface area contributed by atoms with E-state index in [2.05, 4.69) is 21.1 Å². The second-order valence-electron chi connectivity index (χ2n) is 5.99. The molecule has 0 bridgehead atoms. The lowest BCUT2D eigenvalue weighted by Crippen LogP contribution is -2.28. The van der Waals surface area contributed by atoms with Crippen molar-refractivity contribution in [3.63, 3.8) is 0 Å². The predicted octanol–water partition coefficient (Wildman–Crippen LogP) is 2.41. The molecule has 0 radical (unpaired) electrons. The van der Waals surface area contributed by atoms with E-state index in [0.29, 0.717) is 45.6 Å². The van der Waals surface area contributed by atoms with Crippen molar-refractivity contribution in [1.29, 1.82) is 0 Å². The van der Waals surface area contributed by atoms with Crippen molar-refractivity contribution in [3.8, 4) is 34.5 Å². The van der Waals surface area contributed by atoms with E-state index in [9.17, 15) is 4.79 Å². The molecule has 0 spiro atoms. The molecule has 0 aliphatic carbocycles. The fourth-order valence-electron chi connectivity index (χ4n) is 2.71. The Morgan fingerprint density at radius 1 is 0.625 bits per heavy atom. The highest BCUT2D eigenvalue weighted by molar-refractivity contribution is 5.85. The molecule has 0 atom stereocenters. The molecule has 32 heavy (non-hydrogen) atoms. The molecule has 2 rings (SSSR count). The van der Waals surface area contributed by atoms with Crippen LogP contribution in [0.4, 0.5) is 4.79 Å². The number of hydrogen-bond acceptors (Lipinski definition) is 9. The zero-order chi connectivity index (χ0) is 23.5. The third kappa shape index (κ3) is 5.94. The summed E-state index contributed by atoms with van der Waals surface area (Å²) in [6.07, 6.45) is 2.85. The molecule has 2 aromatic carbocycles. The summed E-state index contributed by atoms with van der Waals surface area (Å²) >= 11 is 0. The van der Waals surface area contributed by atoms with E-state index in [1.54, 1.807) is 24.3 Å². The standard InChI is InChI=1S/C21H26N4O7/c1-27-15-7-13(8-16(28-2)19(15)31-5)11-22-24-21(26)25-23-12-14-9-17(29-3)20(32-6)18(10-14)30-4/h7-12H,1-6H3,(H2,24,25,26)/b22-11+,23-12+. The van der Waals surface area contributed by atoms with Gasteiger partial charge in [-0.15, -0.1) is 0 Å². The van der Waals surface area contributed by atoms with Gasteiger partial charge >= 0.3 is 6.03 Å². The SMILES string of the molecule is COc1cc(/C=N/NC(=O)N/N=C/c2cc(OC)c(OC)c(OC)c2)cc(OC)c1OC. The first-order valence-corrected chi connectivity index (χ1v) is 9.23. The average molecular weight is 446 g/mol. The predicted molar refractivity (Wildman–Crippen MR) is 119 cm³/mol. The Morgan fingerprint density at radius 3 is 1.19 bits per heavy atom. The molecule has 2 aromatic rings. The molecular formula is C21H26N4O7. The van der Waals surface area contributed by atoms with Crippen molar-refractivity contribution < 1.29 is 33.2 Å². The molecule has 0 heterocycles.